The second-order valence-electron chi connectivity index (χ2n) is 5.94. The molecule has 0 spiro atoms. The normalized spacial score (nSPS) is 12.2. The van der Waals surface area contributed by atoms with Crippen molar-refractivity contribution in [1.29, 1.82) is 0 Å². The number of rotatable bonds is 3. The third-order valence-electron chi connectivity index (χ3n) is 2.61. The number of hydrogen-bond acceptors (Lipinski definition) is 1. The number of benzene rings is 1. The summed E-state index contributed by atoms with van der Waals surface area (Å²) >= 11 is 1.97. The molecule has 0 atom stereocenters. The highest BCUT2D eigenvalue weighted by Gasteiger charge is 2.14. The van der Waals surface area contributed by atoms with Gasteiger partial charge in [-0.3, -0.25) is 0 Å². The Hall–Kier alpha value is -0.430. The largest absolute Gasteiger partial charge is 0.126 e. The topological polar surface area (TPSA) is 0 Å². The molecular formula is C15H24S. The molecule has 1 aromatic rings. The summed E-state index contributed by atoms with van der Waals surface area (Å²) in [6.45, 7) is 13.6. The van der Waals surface area contributed by atoms with Crippen LogP contribution in [0.1, 0.15) is 45.7 Å². The molecule has 1 aromatic carbocycles. The molecule has 16 heavy (non-hydrogen) atoms. The van der Waals surface area contributed by atoms with Gasteiger partial charge in [0.2, 0.25) is 0 Å². The van der Waals surface area contributed by atoms with Crippen LogP contribution < -0.4 is 0 Å². The molecule has 0 aromatic heterocycles. The van der Waals surface area contributed by atoms with Crippen molar-refractivity contribution in [3.05, 3.63) is 29.3 Å². The zero-order valence-electron chi connectivity index (χ0n) is 11.4. The van der Waals surface area contributed by atoms with Crippen LogP contribution in [-0.2, 0) is 5.41 Å². The third kappa shape index (κ3) is 3.86. The van der Waals surface area contributed by atoms with E-state index in [0.717, 1.165) is 5.92 Å². The lowest BCUT2D eigenvalue weighted by atomic mass is 9.86. The Morgan fingerprint density at radius 2 is 1.81 bits per heavy atom. The van der Waals surface area contributed by atoms with Crippen LogP contribution in [0.15, 0.2) is 23.1 Å². The second kappa shape index (κ2) is 5.27. The van der Waals surface area contributed by atoms with Crippen LogP contribution in [0, 0.1) is 12.8 Å². The first-order chi connectivity index (χ1) is 7.30. The molecule has 0 unspecified atom stereocenters. The average molecular weight is 236 g/mol. The first-order valence-electron chi connectivity index (χ1n) is 6.04. The zero-order valence-corrected chi connectivity index (χ0v) is 12.2. The Bertz CT molecular complexity index is 345. The van der Waals surface area contributed by atoms with E-state index in [0.29, 0.717) is 0 Å². The van der Waals surface area contributed by atoms with Gasteiger partial charge in [-0.05, 0) is 35.4 Å². The monoisotopic (exact) mass is 236 g/mol. The molecule has 0 nitrogen and oxygen atoms in total. The van der Waals surface area contributed by atoms with Gasteiger partial charge >= 0.3 is 0 Å². The predicted octanol–water partition coefficient (Wildman–Crippen LogP) is 5.04. The molecule has 0 heterocycles. The first-order valence-corrected chi connectivity index (χ1v) is 7.03. The number of hydrogen-bond donors (Lipinski definition) is 0. The van der Waals surface area contributed by atoms with Gasteiger partial charge < -0.3 is 0 Å². The van der Waals surface area contributed by atoms with E-state index in [1.807, 2.05) is 11.8 Å². The van der Waals surface area contributed by atoms with Crippen LogP contribution >= 0.6 is 11.8 Å². The average Bonchev–Trinajstić information content (AvgIpc) is 2.14. The van der Waals surface area contributed by atoms with Crippen LogP contribution in [0.3, 0.4) is 0 Å². The Balaban J connectivity index is 2.84. The molecule has 90 valence electrons. The van der Waals surface area contributed by atoms with E-state index >= 15 is 0 Å². The van der Waals surface area contributed by atoms with Gasteiger partial charge in [0.15, 0.2) is 0 Å². The molecule has 0 radical (unpaired) electrons. The SMILES string of the molecule is Cc1cc(C(C)(C)C)ccc1SCC(C)C. The molecule has 1 heteroatoms. The van der Waals surface area contributed by atoms with Crippen molar-refractivity contribution in [2.45, 2.75) is 51.9 Å². The van der Waals surface area contributed by atoms with Crippen molar-refractivity contribution in [3.63, 3.8) is 0 Å². The summed E-state index contributed by atoms with van der Waals surface area (Å²) in [6, 6.07) is 6.89. The minimum atomic E-state index is 0.256. The van der Waals surface area contributed by atoms with E-state index in [-0.39, 0.29) is 5.41 Å². The van der Waals surface area contributed by atoms with Crippen LogP contribution in [0.2, 0.25) is 0 Å². The molecule has 0 saturated heterocycles. The van der Waals surface area contributed by atoms with Crippen LogP contribution in [0.5, 0.6) is 0 Å². The molecular weight excluding hydrogens is 212 g/mol. The highest BCUT2D eigenvalue weighted by Crippen LogP contribution is 2.29. The molecule has 0 aliphatic heterocycles. The van der Waals surface area contributed by atoms with E-state index in [1.54, 1.807) is 0 Å². The Labute approximate surface area is 105 Å². The Kier molecular flexibility index (Phi) is 4.49. The van der Waals surface area contributed by atoms with Gasteiger partial charge in [-0.25, -0.2) is 0 Å². The lowest BCUT2D eigenvalue weighted by Gasteiger charge is -2.20. The predicted molar refractivity (Wildman–Crippen MR) is 75.4 cm³/mol. The quantitative estimate of drug-likeness (QED) is 0.662. The summed E-state index contributed by atoms with van der Waals surface area (Å²) in [4.78, 5) is 1.43. The maximum absolute atomic E-state index is 2.34. The van der Waals surface area contributed by atoms with Crippen molar-refractivity contribution in [3.8, 4) is 0 Å². The second-order valence-corrected chi connectivity index (χ2v) is 7.00. The summed E-state index contributed by atoms with van der Waals surface area (Å²) in [5, 5.41) is 0. The molecule has 0 saturated carbocycles. The van der Waals surface area contributed by atoms with Gasteiger partial charge in [0.25, 0.3) is 0 Å². The fourth-order valence-electron chi connectivity index (χ4n) is 1.53. The van der Waals surface area contributed by atoms with Gasteiger partial charge in [0.05, 0.1) is 0 Å². The van der Waals surface area contributed by atoms with Crippen molar-refractivity contribution >= 4 is 11.8 Å². The first kappa shape index (κ1) is 13.6. The molecule has 0 amide bonds. The van der Waals surface area contributed by atoms with E-state index in [2.05, 4.69) is 59.7 Å². The maximum atomic E-state index is 2.34. The minimum Gasteiger partial charge on any atom is -0.126 e. The molecule has 0 aliphatic carbocycles. The smallest absolute Gasteiger partial charge is 0.0101 e. The highest BCUT2D eigenvalue weighted by atomic mass is 32.2. The summed E-state index contributed by atoms with van der Waals surface area (Å²) in [6.07, 6.45) is 0. The van der Waals surface area contributed by atoms with Crippen molar-refractivity contribution in [1.82, 2.24) is 0 Å². The van der Waals surface area contributed by atoms with E-state index in [1.165, 1.54) is 21.8 Å². The number of thioether (sulfide) groups is 1. The highest BCUT2D eigenvalue weighted by molar-refractivity contribution is 7.99. The summed E-state index contributed by atoms with van der Waals surface area (Å²) in [5.74, 6) is 1.96. The Morgan fingerprint density at radius 1 is 1.19 bits per heavy atom. The Morgan fingerprint density at radius 3 is 2.25 bits per heavy atom. The van der Waals surface area contributed by atoms with E-state index in [9.17, 15) is 0 Å². The summed E-state index contributed by atoms with van der Waals surface area (Å²) < 4.78 is 0. The van der Waals surface area contributed by atoms with Gasteiger partial charge in [0, 0.05) is 10.6 Å². The lowest BCUT2D eigenvalue weighted by molar-refractivity contribution is 0.589. The summed E-state index contributed by atoms with van der Waals surface area (Å²) in [5.41, 5.74) is 3.10. The van der Waals surface area contributed by atoms with Gasteiger partial charge in [0.1, 0.15) is 0 Å². The van der Waals surface area contributed by atoms with E-state index < -0.39 is 0 Å². The molecule has 0 N–H and O–H groups in total. The number of aryl methyl sites for hydroxylation is 1. The lowest BCUT2D eigenvalue weighted by Crippen LogP contribution is -2.11. The van der Waals surface area contributed by atoms with Gasteiger partial charge in [-0.1, -0.05) is 46.8 Å². The van der Waals surface area contributed by atoms with Crippen molar-refractivity contribution in [2.24, 2.45) is 5.92 Å². The van der Waals surface area contributed by atoms with Crippen molar-refractivity contribution in [2.75, 3.05) is 5.75 Å². The van der Waals surface area contributed by atoms with E-state index in [4.69, 9.17) is 0 Å². The van der Waals surface area contributed by atoms with Gasteiger partial charge in [-0.2, -0.15) is 0 Å². The molecule has 0 aliphatic rings. The standard InChI is InChI=1S/C15H24S/c1-11(2)10-16-14-8-7-13(9-12(14)3)15(4,5)6/h7-9,11H,10H2,1-6H3. The maximum Gasteiger partial charge on any atom is 0.0101 e. The fraction of sp³-hybridized carbons (Fsp3) is 0.600. The third-order valence-corrected chi connectivity index (χ3v) is 4.22. The molecule has 0 bridgehead atoms. The fourth-order valence-corrected chi connectivity index (χ4v) is 2.50. The zero-order chi connectivity index (χ0) is 12.3. The molecule has 1 rings (SSSR count). The molecule has 0 fully saturated rings. The van der Waals surface area contributed by atoms with Crippen LogP contribution in [0.4, 0.5) is 0 Å². The van der Waals surface area contributed by atoms with Crippen LogP contribution in [-0.4, -0.2) is 5.75 Å². The van der Waals surface area contributed by atoms with Gasteiger partial charge in [-0.15, -0.1) is 11.8 Å². The summed E-state index contributed by atoms with van der Waals surface area (Å²) in [7, 11) is 0. The minimum absolute atomic E-state index is 0.256. The van der Waals surface area contributed by atoms with Crippen molar-refractivity contribution < 1.29 is 0 Å². The van der Waals surface area contributed by atoms with Crippen LogP contribution in [0.25, 0.3) is 0 Å².